The number of rotatable bonds is 17. The van der Waals surface area contributed by atoms with Crippen molar-refractivity contribution in [1.29, 1.82) is 0 Å². The predicted molar refractivity (Wildman–Crippen MR) is 240 cm³/mol. The highest BCUT2D eigenvalue weighted by Gasteiger charge is 2.37. The fraction of sp³-hybridized carbons (Fsp3) is 0.327. The van der Waals surface area contributed by atoms with Crippen molar-refractivity contribution in [3.8, 4) is 17.2 Å². The molecule has 0 spiro atoms. The molecule has 6 rings (SSSR count). The molecule has 0 N–H and O–H groups in total. The van der Waals surface area contributed by atoms with Crippen molar-refractivity contribution in [2.24, 2.45) is 0 Å². The van der Waals surface area contributed by atoms with Gasteiger partial charge in [0.2, 0.25) is 0 Å². The number of ketones is 3. The molecule has 3 aromatic carbocycles. The quantitative estimate of drug-likeness (QED) is 0.0464. The molecule has 384 valence electrons. The maximum absolute atomic E-state index is 12.2. The van der Waals surface area contributed by atoms with Gasteiger partial charge in [0.1, 0.15) is 17.2 Å². The van der Waals surface area contributed by atoms with Gasteiger partial charge >= 0.3 is 35.8 Å². The van der Waals surface area contributed by atoms with E-state index in [1.54, 1.807) is 13.8 Å². The molecule has 0 aliphatic carbocycles. The van der Waals surface area contributed by atoms with Gasteiger partial charge in [0.15, 0.2) is 0 Å². The van der Waals surface area contributed by atoms with Crippen molar-refractivity contribution in [3.63, 3.8) is 0 Å². The van der Waals surface area contributed by atoms with E-state index in [1.807, 2.05) is 0 Å². The van der Waals surface area contributed by atoms with Gasteiger partial charge in [0, 0.05) is 75.5 Å². The van der Waals surface area contributed by atoms with Crippen LogP contribution in [0.25, 0.3) is 0 Å². The first-order chi connectivity index (χ1) is 34.5. The Morgan fingerprint density at radius 2 is 0.767 bits per heavy atom. The Hall–Kier alpha value is -9.09. The van der Waals surface area contributed by atoms with Crippen LogP contribution in [0.2, 0.25) is 0 Å². The first kappa shape index (κ1) is 56.5. The smallest absolute Gasteiger partial charge is 0.404 e. The summed E-state index contributed by atoms with van der Waals surface area (Å²) in [6.45, 7) is 7.78. The number of hydrogen-bond donors (Lipinski definition) is 0. The summed E-state index contributed by atoms with van der Waals surface area (Å²) in [6, 6.07) is 13.3. The molecule has 3 heterocycles. The van der Waals surface area contributed by atoms with Crippen molar-refractivity contribution >= 4 is 88.6 Å². The molecule has 3 saturated heterocycles. The molecular weight excluding hydrogens is 967 g/mol. The van der Waals surface area contributed by atoms with Gasteiger partial charge in [-0.1, -0.05) is 26.2 Å². The number of unbranched alkanes of at least 4 members (excludes halogenated alkanes) is 3. The molecule has 24 heteroatoms. The minimum atomic E-state index is -1.34. The Bertz CT molecular complexity index is 2690. The number of carbonyl (C=O) groups excluding carboxylic acids is 15. The average molecular weight is 1010 g/mol. The first-order valence-corrected chi connectivity index (χ1v) is 22.3. The third kappa shape index (κ3) is 16.2. The minimum absolute atomic E-state index is 0.00463. The molecule has 0 saturated carbocycles. The summed E-state index contributed by atoms with van der Waals surface area (Å²) in [4.78, 5) is 187. The monoisotopic (exact) mass is 1010 g/mol. The number of aryl methyl sites for hydroxylation is 2. The summed E-state index contributed by atoms with van der Waals surface area (Å²) in [7, 11) is 0. The van der Waals surface area contributed by atoms with E-state index >= 15 is 0 Å². The molecule has 3 aliphatic rings. The molecule has 6 amide bonds. The molecule has 24 nitrogen and oxygen atoms in total. The van der Waals surface area contributed by atoms with Crippen LogP contribution in [-0.2, 0) is 72.0 Å². The lowest BCUT2D eigenvalue weighted by Crippen LogP contribution is -2.34. The second-order valence-electron chi connectivity index (χ2n) is 15.8. The standard InChI is InChI=1S/C19H21NO7.C16H15NO7.C14H11NO7/c1-2-3-4-5-6-17(23)26-14-9-7-13(8-10-14)18(24)19(25)27-20-15(21)11-12-16(20)22;1-8-6-11(7-9(2)15(8)23-10(3)18)14(21)16(22)24-17-12(19)4-5-13(17)20;1-8(16)21-10-4-2-9(3-5-10)13(19)14(20)22-15-11(17)6-7-12(15)18/h7-10H,2-6,11-12H2,1H3;6-7H,4-5H2,1-3H3;2-5H,6-7H2,1H3. The zero-order chi connectivity index (χ0) is 54.1. The molecule has 0 atom stereocenters. The normalized spacial score (nSPS) is 13.8. The number of Topliss-reactive ketones (excluding diaryl/α,β-unsaturated/α-hetero) is 3. The Labute approximate surface area is 414 Å². The van der Waals surface area contributed by atoms with Crippen LogP contribution in [-0.4, -0.2) is 104 Å². The number of ether oxygens (including phenoxy) is 3. The zero-order valence-corrected chi connectivity index (χ0v) is 40.0. The number of hydrogen-bond acceptors (Lipinski definition) is 21. The first-order valence-electron chi connectivity index (χ1n) is 22.3. The van der Waals surface area contributed by atoms with Gasteiger partial charge in [-0.05, 0) is 92.1 Å². The van der Waals surface area contributed by atoms with E-state index in [-0.39, 0.29) is 72.7 Å². The molecule has 3 aromatic rings. The molecular formula is C49H47N3O21. The largest absolute Gasteiger partial charge is 0.427 e. The number of benzene rings is 3. The number of nitrogens with zero attached hydrogens (tertiary/aromatic N) is 3. The number of carbonyl (C=O) groups is 15. The number of imide groups is 3. The van der Waals surface area contributed by atoms with Gasteiger partial charge in [-0.3, -0.25) is 57.5 Å². The molecule has 0 aromatic heterocycles. The van der Waals surface area contributed by atoms with Crippen molar-refractivity contribution < 1.29 is 101 Å². The van der Waals surface area contributed by atoms with Crippen LogP contribution >= 0.6 is 0 Å². The van der Waals surface area contributed by atoms with Gasteiger partial charge in [0.05, 0.1) is 0 Å². The molecule has 0 bridgehead atoms. The van der Waals surface area contributed by atoms with Crippen molar-refractivity contribution in [3.05, 3.63) is 88.5 Å². The predicted octanol–water partition coefficient (Wildman–Crippen LogP) is 3.77. The van der Waals surface area contributed by atoms with Crippen molar-refractivity contribution in [2.45, 2.75) is 105 Å². The maximum atomic E-state index is 12.2. The van der Waals surface area contributed by atoms with Crippen molar-refractivity contribution in [1.82, 2.24) is 15.2 Å². The topological polar surface area (TPSA) is 321 Å². The van der Waals surface area contributed by atoms with Crippen LogP contribution in [0.3, 0.4) is 0 Å². The lowest BCUT2D eigenvalue weighted by molar-refractivity contribution is -0.193. The summed E-state index contributed by atoms with van der Waals surface area (Å²) in [6.07, 6.45) is 3.82. The highest BCUT2D eigenvalue weighted by atomic mass is 16.7. The van der Waals surface area contributed by atoms with Crippen LogP contribution in [0.15, 0.2) is 60.7 Å². The average Bonchev–Trinajstić information content (AvgIpc) is 3.97. The van der Waals surface area contributed by atoms with Crippen LogP contribution in [0.1, 0.15) is 134 Å². The number of hydroxylamine groups is 6. The summed E-state index contributed by atoms with van der Waals surface area (Å²) >= 11 is 0. The SMILES string of the molecule is CC(=O)Oc1c(C)cc(C(=O)C(=O)ON2C(=O)CCC2=O)cc1C.CC(=O)Oc1ccc(C(=O)C(=O)ON2C(=O)CCC2=O)cc1.CCCCCCC(=O)Oc1ccc(C(=O)C(=O)ON2C(=O)CCC2=O)cc1. The fourth-order valence-corrected chi connectivity index (χ4v) is 6.48. The summed E-state index contributed by atoms with van der Waals surface area (Å²) in [5, 5.41) is 0.926. The number of esters is 3. The van der Waals surface area contributed by atoms with E-state index in [0.717, 1.165) is 25.7 Å². The molecule has 0 unspecified atom stereocenters. The van der Waals surface area contributed by atoms with E-state index < -0.39 is 82.6 Å². The van der Waals surface area contributed by atoms with Gasteiger partial charge in [-0.2, -0.15) is 0 Å². The Morgan fingerprint density at radius 1 is 0.438 bits per heavy atom. The van der Waals surface area contributed by atoms with Crippen LogP contribution < -0.4 is 14.2 Å². The maximum Gasteiger partial charge on any atom is 0.404 e. The van der Waals surface area contributed by atoms with Gasteiger partial charge in [-0.15, -0.1) is 15.2 Å². The highest BCUT2D eigenvalue weighted by Crippen LogP contribution is 2.26. The zero-order valence-electron chi connectivity index (χ0n) is 40.0. The summed E-state index contributed by atoms with van der Waals surface area (Å²) in [5.74, 6) is -11.7. The fourth-order valence-electron chi connectivity index (χ4n) is 6.48. The lowest BCUT2D eigenvalue weighted by atomic mass is 10.0. The minimum Gasteiger partial charge on any atom is -0.427 e. The van der Waals surface area contributed by atoms with Gasteiger partial charge < -0.3 is 28.7 Å². The van der Waals surface area contributed by atoms with E-state index in [0.29, 0.717) is 38.5 Å². The Balaban J connectivity index is 0.000000239. The van der Waals surface area contributed by atoms with E-state index in [2.05, 4.69) is 21.4 Å². The van der Waals surface area contributed by atoms with E-state index in [1.165, 1.54) is 74.5 Å². The van der Waals surface area contributed by atoms with Crippen LogP contribution in [0.4, 0.5) is 0 Å². The molecule has 73 heavy (non-hydrogen) atoms. The highest BCUT2D eigenvalue weighted by molar-refractivity contribution is 6.42. The summed E-state index contributed by atoms with van der Waals surface area (Å²) < 4.78 is 15.0. The second-order valence-corrected chi connectivity index (χ2v) is 15.8. The molecule has 0 radical (unpaired) electrons. The van der Waals surface area contributed by atoms with Crippen LogP contribution in [0, 0.1) is 13.8 Å². The van der Waals surface area contributed by atoms with Crippen LogP contribution in [0.5, 0.6) is 17.2 Å². The van der Waals surface area contributed by atoms with Gasteiger partial charge in [0.25, 0.3) is 52.8 Å². The molecule has 3 aliphatic heterocycles. The van der Waals surface area contributed by atoms with Crippen molar-refractivity contribution in [2.75, 3.05) is 0 Å². The Morgan fingerprint density at radius 3 is 1.10 bits per heavy atom. The Kier molecular flexibility index (Phi) is 20.3. The van der Waals surface area contributed by atoms with E-state index in [9.17, 15) is 71.9 Å². The van der Waals surface area contributed by atoms with Gasteiger partial charge in [-0.25, -0.2) is 14.4 Å². The second kappa shape index (κ2) is 26.2. The number of amides is 6. The lowest BCUT2D eigenvalue weighted by Gasteiger charge is -2.13. The summed E-state index contributed by atoms with van der Waals surface area (Å²) in [5.41, 5.74) is 0.927. The third-order valence-corrected chi connectivity index (χ3v) is 10.0. The molecule has 3 fully saturated rings. The third-order valence-electron chi connectivity index (χ3n) is 10.0. The van der Waals surface area contributed by atoms with E-state index in [4.69, 9.17) is 14.2 Å².